The predicted molar refractivity (Wildman–Crippen MR) is 65.1 cm³/mol. The lowest BCUT2D eigenvalue weighted by atomic mass is 9.96. The molecule has 98 valence electrons. The lowest BCUT2D eigenvalue weighted by molar-refractivity contribution is 0.0924. The third-order valence-corrected chi connectivity index (χ3v) is 5.27. The molecule has 1 heterocycles. The summed E-state index contributed by atoms with van der Waals surface area (Å²) >= 11 is 2.87. The van der Waals surface area contributed by atoms with E-state index >= 15 is 0 Å². The molecule has 0 bridgehead atoms. The topological polar surface area (TPSA) is 51.2 Å². The third kappa shape index (κ3) is 2.47. The maximum absolute atomic E-state index is 13.7. The van der Waals surface area contributed by atoms with Gasteiger partial charge in [0, 0.05) is 5.92 Å². The molecule has 0 spiro atoms. The number of rotatable bonds is 2. The van der Waals surface area contributed by atoms with Crippen molar-refractivity contribution in [3.63, 3.8) is 0 Å². The molecule has 18 heavy (non-hydrogen) atoms. The van der Waals surface area contributed by atoms with Gasteiger partial charge in [0.25, 0.3) is 0 Å². The second-order valence-corrected chi connectivity index (χ2v) is 7.27. The fourth-order valence-electron chi connectivity index (χ4n) is 1.96. The molecule has 1 aromatic rings. The Morgan fingerprint density at radius 2 is 2.00 bits per heavy atom. The molecule has 1 aliphatic rings. The Morgan fingerprint density at radius 1 is 1.33 bits per heavy atom. The minimum atomic E-state index is -3.26. The van der Waals surface area contributed by atoms with Gasteiger partial charge in [0.05, 0.1) is 21.5 Å². The normalized spacial score (nSPS) is 22.1. The van der Waals surface area contributed by atoms with Crippen LogP contribution in [-0.4, -0.2) is 25.7 Å². The number of halogens is 3. The number of Topliss-reactive ketones (excluding diaryl/α,β-unsaturated/α-hetero) is 1. The summed E-state index contributed by atoms with van der Waals surface area (Å²) in [6.45, 7) is 0. The molecule has 1 unspecified atom stereocenters. The third-order valence-electron chi connectivity index (χ3n) is 2.89. The fourth-order valence-corrected chi connectivity index (χ4v) is 4.03. The monoisotopic (exact) mass is 338 g/mol. The molecule has 0 aliphatic carbocycles. The van der Waals surface area contributed by atoms with E-state index in [-0.39, 0.29) is 22.4 Å². The highest BCUT2D eigenvalue weighted by Crippen LogP contribution is 2.28. The van der Waals surface area contributed by atoms with Gasteiger partial charge in [-0.05, 0) is 34.5 Å². The molecule has 0 radical (unpaired) electrons. The summed E-state index contributed by atoms with van der Waals surface area (Å²) in [7, 11) is -3.26. The van der Waals surface area contributed by atoms with Crippen molar-refractivity contribution >= 4 is 31.6 Å². The van der Waals surface area contributed by atoms with E-state index in [0.717, 1.165) is 12.1 Å². The van der Waals surface area contributed by atoms with E-state index in [2.05, 4.69) is 15.9 Å². The van der Waals surface area contributed by atoms with Gasteiger partial charge in [-0.1, -0.05) is 0 Å². The van der Waals surface area contributed by atoms with Crippen molar-refractivity contribution in [2.45, 2.75) is 6.42 Å². The highest BCUT2D eigenvalue weighted by Gasteiger charge is 2.35. The second kappa shape index (κ2) is 4.70. The van der Waals surface area contributed by atoms with E-state index in [4.69, 9.17) is 0 Å². The van der Waals surface area contributed by atoms with Gasteiger partial charge in [-0.25, -0.2) is 17.2 Å². The van der Waals surface area contributed by atoms with Gasteiger partial charge in [0.2, 0.25) is 0 Å². The largest absolute Gasteiger partial charge is 0.294 e. The number of carbonyl (C=O) groups excluding carboxylic acids is 1. The highest BCUT2D eigenvalue weighted by atomic mass is 79.9. The molecule has 1 fully saturated rings. The number of benzene rings is 1. The van der Waals surface area contributed by atoms with Crippen molar-refractivity contribution in [1.29, 1.82) is 0 Å². The molecule has 0 saturated carbocycles. The van der Waals surface area contributed by atoms with E-state index in [1.165, 1.54) is 0 Å². The first-order valence-electron chi connectivity index (χ1n) is 5.20. The summed E-state index contributed by atoms with van der Waals surface area (Å²) in [5.41, 5.74) is -0.661. The van der Waals surface area contributed by atoms with Crippen LogP contribution in [0.3, 0.4) is 0 Å². The van der Waals surface area contributed by atoms with Crippen LogP contribution in [0.2, 0.25) is 0 Å². The predicted octanol–water partition coefficient (Wildman–Crippen LogP) is 2.34. The van der Waals surface area contributed by atoms with E-state index in [9.17, 15) is 22.0 Å². The molecule has 2 rings (SSSR count). The van der Waals surface area contributed by atoms with Crippen LogP contribution in [0.1, 0.15) is 16.8 Å². The molecular formula is C11H9BrF2O3S. The molecular weight excluding hydrogens is 330 g/mol. The van der Waals surface area contributed by atoms with Crippen molar-refractivity contribution < 1.29 is 22.0 Å². The van der Waals surface area contributed by atoms with Gasteiger partial charge in [0.15, 0.2) is 21.4 Å². The van der Waals surface area contributed by atoms with Gasteiger partial charge in [-0.3, -0.25) is 4.79 Å². The fraction of sp³-hybridized carbons (Fsp3) is 0.364. The number of ketones is 1. The van der Waals surface area contributed by atoms with Gasteiger partial charge in [-0.15, -0.1) is 0 Å². The Hall–Kier alpha value is -0.820. The Bertz CT molecular complexity index is 613. The summed E-state index contributed by atoms with van der Waals surface area (Å²) in [4.78, 5) is 12.0. The van der Waals surface area contributed by atoms with Crippen molar-refractivity contribution in [3.8, 4) is 0 Å². The average Bonchev–Trinajstić information content (AvgIpc) is 2.65. The van der Waals surface area contributed by atoms with Gasteiger partial charge in [-0.2, -0.15) is 0 Å². The summed E-state index contributed by atoms with van der Waals surface area (Å²) in [6, 6.07) is 2.14. The summed E-state index contributed by atoms with van der Waals surface area (Å²) < 4.78 is 49.7. The molecule has 1 saturated heterocycles. The number of carbonyl (C=O) groups is 1. The maximum atomic E-state index is 13.7. The van der Waals surface area contributed by atoms with Crippen molar-refractivity contribution in [1.82, 2.24) is 0 Å². The van der Waals surface area contributed by atoms with Crippen LogP contribution in [0, 0.1) is 17.6 Å². The Balaban J connectivity index is 2.39. The van der Waals surface area contributed by atoms with Crippen LogP contribution in [0.4, 0.5) is 8.78 Å². The van der Waals surface area contributed by atoms with Crippen LogP contribution >= 0.6 is 15.9 Å². The van der Waals surface area contributed by atoms with Gasteiger partial charge in [0.1, 0.15) is 5.82 Å². The van der Waals surface area contributed by atoms with E-state index < -0.39 is 38.7 Å². The first kappa shape index (κ1) is 13.6. The van der Waals surface area contributed by atoms with Crippen molar-refractivity contribution in [2.24, 2.45) is 5.92 Å². The lowest BCUT2D eigenvalue weighted by Gasteiger charge is -2.09. The Kier molecular flexibility index (Phi) is 3.55. The van der Waals surface area contributed by atoms with E-state index in [1.807, 2.05) is 0 Å². The van der Waals surface area contributed by atoms with Crippen LogP contribution < -0.4 is 0 Å². The van der Waals surface area contributed by atoms with Crippen molar-refractivity contribution in [2.75, 3.05) is 11.5 Å². The minimum absolute atomic E-state index is 0.0203. The van der Waals surface area contributed by atoms with Crippen LogP contribution in [-0.2, 0) is 9.84 Å². The quantitative estimate of drug-likeness (QED) is 0.614. The molecule has 0 N–H and O–H groups in total. The maximum Gasteiger partial charge on any atom is 0.172 e. The zero-order valence-corrected chi connectivity index (χ0v) is 11.5. The Labute approximate surface area is 111 Å². The zero-order valence-electron chi connectivity index (χ0n) is 9.12. The SMILES string of the molecule is O=C(c1c(F)ccc(Br)c1F)C1CCS(=O)(=O)C1. The van der Waals surface area contributed by atoms with Crippen molar-refractivity contribution in [3.05, 3.63) is 33.8 Å². The average molecular weight is 339 g/mol. The Morgan fingerprint density at radius 3 is 2.56 bits per heavy atom. The lowest BCUT2D eigenvalue weighted by Crippen LogP contribution is -2.19. The minimum Gasteiger partial charge on any atom is -0.294 e. The molecule has 0 aromatic heterocycles. The zero-order chi connectivity index (χ0) is 13.5. The number of sulfone groups is 1. The first-order chi connectivity index (χ1) is 8.32. The number of hydrogen-bond donors (Lipinski definition) is 0. The van der Waals surface area contributed by atoms with Gasteiger partial charge < -0.3 is 0 Å². The van der Waals surface area contributed by atoms with E-state index in [1.54, 1.807) is 0 Å². The molecule has 1 aromatic carbocycles. The smallest absolute Gasteiger partial charge is 0.172 e. The molecule has 1 aliphatic heterocycles. The molecule has 0 amide bonds. The first-order valence-corrected chi connectivity index (χ1v) is 7.81. The summed E-state index contributed by atoms with van der Waals surface area (Å²) in [6.07, 6.45) is 0.118. The molecule has 1 atom stereocenters. The van der Waals surface area contributed by atoms with Crippen LogP contribution in [0.15, 0.2) is 16.6 Å². The second-order valence-electron chi connectivity index (χ2n) is 4.18. The van der Waals surface area contributed by atoms with Crippen LogP contribution in [0.25, 0.3) is 0 Å². The summed E-state index contributed by atoms with van der Waals surface area (Å²) in [5.74, 6) is -4.03. The van der Waals surface area contributed by atoms with E-state index in [0.29, 0.717) is 0 Å². The summed E-state index contributed by atoms with van der Waals surface area (Å²) in [5, 5.41) is 0. The molecule has 3 nitrogen and oxygen atoms in total. The highest BCUT2D eigenvalue weighted by molar-refractivity contribution is 9.10. The standard InChI is InChI=1S/C11H9BrF2O3S/c12-7-1-2-8(13)9(10(7)14)11(15)6-3-4-18(16,17)5-6/h1-2,6H,3-5H2. The van der Waals surface area contributed by atoms with Crippen LogP contribution in [0.5, 0.6) is 0 Å². The molecule has 7 heteroatoms. The van der Waals surface area contributed by atoms with Gasteiger partial charge >= 0.3 is 0 Å². The number of hydrogen-bond acceptors (Lipinski definition) is 3.